The van der Waals surface area contributed by atoms with Crippen molar-refractivity contribution in [2.75, 3.05) is 17.4 Å². The van der Waals surface area contributed by atoms with E-state index in [0.717, 1.165) is 34.6 Å². The second-order valence-electron chi connectivity index (χ2n) is 6.25. The van der Waals surface area contributed by atoms with Gasteiger partial charge in [-0.25, -0.2) is 17.4 Å². The van der Waals surface area contributed by atoms with Crippen molar-refractivity contribution in [1.29, 1.82) is 0 Å². The van der Waals surface area contributed by atoms with Gasteiger partial charge in [-0.1, -0.05) is 6.58 Å². The van der Waals surface area contributed by atoms with Crippen molar-refractivity contribution < 1.29 is 26.4 Å². The van der Waals surface area contributed by atoms with E-state index >= 15 is 0 Å². The Morgan fingerprint density at radius 1 is 1.25 bits per heavy atom. The van der Waals surface area contributed by atoms with Gasteiger partial charge in [-0.15, -0.1) is 0 Å². The van der Waals surface area contributed by atoms with Crippen molar-refractivity contribution in [1.82, 2.24) is 15.1 Å². The van der Waals surface area contributed by atoms with Crippen LogP contribution in [-0.4, -0.2) is 37.2 Å². The SMILES string of the molecule is C=CC(=O)NCC1CN(S(=O)(=O)c2ccc(C(F)(F)F)cc2)c2ccnn2C1. The lowest BCUT2D eigenvalue weighted by Gasteiger charge is -2.34. The third kappa shape index (κ3) is 3.88. The molecule has 0 radical (unpaired) electrons. The van der Waals surface area contributed by atoms with Crippen LogP contribution in [0.3, 0.4) is 0 Å². The van der Waals surface area contributed by atoms with Crippen LogP contribution in [0, 0.1) is 5.92 Å². The largest absolute Gasteiger partial charge is 0.416 e. The molecule has 7 nitrogen and oxygen atoms in total. The molecule has 1 aromatic carbocycles. The smallest absolute Gasteiger partial charge is 0.352 e. The molecule has 1 atom stereocenters. The van der Waals surface area contributed by atoms with Gasteiger partial charge in [-0.3, -0.25) is 4.79 Å². The van der Waals surface area contributed by atoms with Crippen LogP contribution < -0.4 is 9.62 Å². The van der Waals surface area contributed by atoms with Crippen molar-refractivity contribution >= 4 is 21.7 Å². The molecule has 1 unspecified atom stereocenters. The molecular weight excluding hydrogens is 397 g/mol. The Hall–Kier alpha value is -2.82. The van der Waals surface area contributed by atoms with Crippen LogP contribution >= 0.6 is 0 Å². The first-order valence-corrected chi connectivity index (χ1v) is 9.69. The second-order valence-corrected chi connectivity index (χ2v) is 8.11. The first-order valence-electron chi connectivity index (χ1n) is 8.25. The number of fused-ring (bicyclic) bond motifs is 1. The van der Waals surface area contributed by atoms with Crippen molar-refractivity contribution in [2.24, 2.45) is 5.92 Å². The fourth-order valence-corrected chi connectivity index (χ4v) is 4.46. The normalized spacial score (nSPS) is 17.1. The van der Waals surface area contributed by atoms with E-state index in [1.165, 1.54) is 16.9 Å². The monoisotopic (exact) mass is 414 g/mol. The summed E-state index contributed by atoms with van der Waals surface area (Å²) >= 11 is 0. The number of halogens is 3. The molecule has 1 amide bonds. The summed E-state index contributed by atoms with van der Waals surface area (Å²) in [4.78, 5) is 11.1. The lowest BCUT2D eigenvalue weighted by molar-refractivity contribution is -0.137. The Morgan fingerprint density at radius 3 is 2.54 bits per heavy atom. The van der Waals surface area contributed by atoms with Gasteiger partial charge in [0.15, 0.2) is 0 Å². The fourth-order valence-electron chi connectivity index (χ4n) is 2.92. The molecule has 11 heteroatoms. The molecule has 0 aliphatic carbocycles. The Morgan fingerprint density at radius 2 is 1.93 bits per heavy atom. The third-order valence-corrected chi connectivity index (χ3v) is 6.11. The quantitative estimate of drug-likeness (QED) is 0.759. The second kappa shape index (κ2) is 7.30. The zero-order valence-corrected chi connectivity index (χ0v) is 15.4. The standard InChI is InChI=1S/C17H17F3N4O3S/c1-2-15(25)21-9-12-10-23-16(7-8-22-23)24(11-12)28(26,27)14-5-3-13(4-6-14)17(18,19)20/h2-8,12H,1,9-11H2,(H,21,25). The molecule has 0 saturated heterocycles. The topological polar surface area (TPSA) is 84.3 Å². The van der Waals surface area contributed by atoms with Crippen molar-refractivity contribution in [2.45, 2.75) is 17.6 Å². The number of aromatic nitrogens is 2. The summed E-state index contributed by atoms with van der Waals surface area (Å²) in [6.45, 7) is 3.99. The van der Waals surface area contributed by atoms with E-state index in [9.17, 15) is 26.4 Å². The Balaban J connectivity index is 1.89. The van der Waals surface area contributed by atoms with Gasteiger partial charge in [0, 0.05) is 31.6 Å². The summed E-state index contributed by atoms with van der Waals surface area (Å²) in [5, 5.41) is 6.70. The highest BCUT2D eigenvalue weighted by molar-refractivity contribution is 7.92. The molecule has 1 aliphatic heterocycles. The molecule has 0 saturated carbocycles. The Bertz CT molecular complexity index is 984. The number of anilines is 1. The molecule has 0 spiro atoms. The van der Waals surface area contributed by atoms with Crippen LogP contribution in [0.25, 0.3) is 0 Å². The Kier molecular flexibility index (Phi) is 5.20. The number of hydrogen-bond acceptors (Lipinski definition) is 4. The lowest BCUT2D eigenvalue weighted by Crippen LogP contribution is -2.45. The van der Waals surface area contributed by atoms with Gasteiger partial charge in [-0.05, 0) is 30.3 Å². The minimum absolute atomic E-state index is 0.0481. The van der Waals surface area contributed by atoms with Gasteiger partial charge >= 0.3 is 6.18 Å². The zero-order valence-electron chi connectivity index (χ0n) is 14.6. The number of alkyl halides is 3. The maximum Gasteiger partial charge on any atom is 0.416 e. The van der Waals surface area contributed by atoms with Gasteiger partial charge in [0.2, 0.25) is 5.91 Å². The van der Waals surface area contributed by atoms with E-state index in [2.05, 4.69) is 17.0 Å². The molecule has 1 N–H and O–H groups in total. The minimum atomic E-state index is -4.56. The highest BCUT2D eigenvalue weighted by Gasteiger charge is 2.35. The number of benzene rings is 1. The average molecular weight is 414 g/mol. The summed E-state index contributed by atoms with van der Waals surface area (Å²) in [7, 11) is -4.11. The average Bonchev–Trinajstić information content (AvgIpc) is 3.13. The van der Waals surface area contributed by atoms with Crippen LogP contribution in [0.4, 0.5) is 19.0 Å². The van der Waals surface area contributed by atoms with E-state index in [-0.39, 0.29) is 29.8 Å². The highest BCUT2D eigenvalue weighted by Crippen LogP contribution is 2.32. The van der Waals surface area contributed by atoms with Crippen LogP contribution in [0.5, 0.6) is 0 Å². The number of nitrogens with one attached hydrogen (secondary N) is 1. The highest BCUT2D eigenvalue weighted by atomic mass is 32.2. The van der Waals surface area contributed by atoms with Crippen LogP contribution in [-0.2, 0) is 27.5 Å². The predicted octanol–water partition coefficient (Wildman–Crippen LogP) is 2.03. The molecule has 1 aromatic heterocycles. The molecule has 3 rings (SSSR count). The molecule has 0 bridgehead atoms. The molecular formula is C17H17F3N4O3S. The molecule has 2 heterocycles. The number of amides is 1. The van der Waals surface area contributed by atoms with E-state index in [4.69, 9.17) is 0 Å². The van der Waals surface area contributed by atoms with Gasteiger partial charge < -0.3 is 5.32 Å². The molecule has 1 aliphatic rings. The number of hydrogen-bond donors (Lipinski definition) is 1. The van der Waals surface area contributed by atoms with Crippen LogP contribution in [0.15, 0.2) is 54.1 Å². The number of nitrogens with zero attached hydrogens (tertiary/aromatic N) is 3. The van der Waals surface area contributed by atoms with Gasteiger partial charge in [0.25, 0.3) is 10.0 Å². The summed E-state index contributed by atoms with van der Waals surface area (Å²) in [6, 6.07) is 4.84. The van der Waals surface area contributed by atoms with Crippen molar-refractivity contribution in [3.63, 3.8) is 0 Å². The third-order valence-electron chi connectivity index (χ3n) is 4.32. The van der Waals surface area contributed by atoms with Crippen LogP contribution in [0.1, 0.15) is 5.56 Å². The molecule has 28 heavy (non-hydrogen) atoms. The maximum absolute atomic E-state index is 13.0. The van der Waals surface area contributed by atoms with Gasteiger partial charge in [0.05, 0.1) is 16.7 Å². The molecule has 150 valence electrons. The first kappa shape index (κ1) is 19.9. The van der Waals surface area contributed by atoms with E-state index in [1.54, 1.807) is 0 Å². The predicted molar refractivity (Wildman–Crippen MR) is 94.9 cm³/mol. The number of carbonyl (C=O) groups excluding carboxylic acids is 1. The summed E-state index contributed by atoms with van der Waals surface area (Å²) in [6.07, 6.45) is -2.01. The maximum atomic E-state index is 13.0. The molecule has 0 fully saturated rings. The first-order chi connectivity index (χ1) is 13.1. The van der Waals surface area contributed by atoms with Crippen LogP contribution in [0.2, 0.25) is 0 Å². The van der Waals surface area contributed by atoms with Gasteiger partial charge in [0.1, 0.15) is 5.82 Å². The van der Waals surface area contributed by atoms with Crippen molar-refractivity contribution in [3.8, 4) is 0 Å². The van der Waals surface area contributed by atoms with E-state index in [0.29, 0.717) is 12.4 Å². The summed E-state index contributed by atoms with van der Waals surface area (Å²) < 4.78 is 66.9. The van der Waals surface area contributed by atoms with E-state index in [1.807, 2.05) is 0 Å². The van der Waals surface area contributed by atoms with Gasteiger partial charge in [-0.2, -0.15) is 18.3 Å². The van der Waals surface area contributed by atoms with Crippen molar-refractivity contribution in [3.05, 3.63) is 54.7 Å². The molecule has 2 aromatic rings. The summed E-state index contributed by atoms with van der Waals surface area (Å²) in [5.41, 5.74) is -0.930. The number of sulfonamides is 1. The minimum Gasteiger partial charge on any atom is -0.352 e. The fraction of sp³-hybridized carbons (Fsp3) is 0.294. The number of rotatable bonds is 5. The Labute approximate surface area is 159 Å². The van der Waals surface area contributed by atoms with E-state index < -0.39 is 21.8 Å². The lowest BCUT2D eigenvalue weighted by atomic mass is 10.1. The zero-order chi connectivity index (χ0) is 20.5. The summed E-state index contributed by atoms with van der Waals surface area (Å²) in [5.74, 6) is -0.352. The number of carbonyl (C=O) groups is 1.